The van der Waals surface area contributed by atoms with E-state index >= 15 is 0 Å². The summed E-state index contributed by atoms with van der Waals surface area (Å²) in [4.78, 5) is 8.68. The monoisotopic (exact) mass is 206 g/mol. The van der Waals surface area contributed by atoms with Crippen molar-refractivity contribution in [3.8, 4) is 5.75 Å². The maximum atomic E-state index is 9.61. The van der Waals surface area contributed by atoms with Gasteiger partial charge in [0, 0.05) is 5.56 Å². The predicted molar refractivity (Wildman–Crippen MR) is 51.6 cm³/mol. The van der Waals surface area contributed by atoms with Crippen molar-refractivity contribution in [1.82, 2.24) is 15.2 Å². The number of phenols is 1. The highest BCUT2D eigenvalue weighted by Crippen LogP contribution is 2.28. The van der Waals surface area contributed by atoms with E-state index in [1.165, 1.54) is 6.33 Å². The lowest BCUT2D eigenvalue weighted by atomic mass is 10.1. The van der Waals surface area contributed by atoms with Gasteiger partial charge in [-0.2, -0.15) is 5.10 Å². The largest absolute Gasteiger partial charge is 0.508 e. The molecule has 0 radical (unpaired) electrons. The zero-order valence-electron chi connectivity index (χ0n) is 7.79. The van der Waals surface area contributed by atoms with Crippen molar-refractivity contribution in [3.63, 3.8) is 0 Å². The van der Waals surface area contributed by atoms with Crippen LogP contribution in [0.2, 0.25) is 0 Å². The Bertz CT molecular complexity index is 429. The molecule has 0 amide bonds. The quantitative estimate of drug-likeness (QED) is 0.635. The topological polar surface area (TPSA) is 97.0 Å². The van der Waals surface area contributed by atoms with Crippen LogP contribution in [-0.2, 0) is 4.84 Å². The van der Waals surface area contributed by atoms with E-state index in [0.29, 0.717) is 11.4 Å². The first-order chi connectivity index (χ1) is 7.33. The normalized spacial score (nSPS) is 12.6. The fourth-order valence-electron chi connectivity index (χ4n) is 1.33. The first-order valence-electron chi connectivity index (χ1n) is 4.32. The van der Waals surface area contributed by atoms with E-state index in [9.17, 15) is 5.11 Å². The fourth-order valence-corrected chi connectivity index (χ4v) is 1.33. The van der Waals surface area contributed by atoms with Crippen LogP contribution in [0.15, 0.2) is 30.6 Å². The Morgan fingerprint density at radius 3 is 2.80 bits per heavy atom. The van der Waals surface area contributed by atoms with Crippen LogP contribution >= 0.6 is 0 Å². The molecule has 6 nitrogen and oxygen atoms in total. The Balaban J connectivity index is 2.40. The predicted octanol–water partition coefficient (Wildman–Crippen LogP) is 0.490. The Kier molecular flexibility index (Phi) is 2.61. The molecule has 6 heteroatoms. The van der Waals surface area contributed by atoms with Gasteiger partial charge in [-0.25, -0.2) is 10.9 Å². The lowest BCUT2D eigenvalue weighted by Gasteiger charge is -2.12. The minimum Gasteiger partial charge on any atom is -0.508 e. The summed E-state index contributed by atoms with van der Waals surface area (Å²) in [6.07, 6.45) is 0.749. The number of aromatic amines is 1. The van der Waals surface area contributed by atoms with Crippen molar-refractivity contribution in [2.24, 2.45) is 5.90 Å². The molecule has 0 fully saturated rings. The number of aromatic hydroxyl groups is 1. The van der Waals surface area contributed by atoms with E-state index in [1.807, 2.05) is 0 Å². The van der Waals surface area contributed by atoms with Crippen molar-refractivity contribution in [2.45, 2.75) is 6.10 Å². The minimum absolute atomic E-state index is 0.0951. The maximum Gasteiger partial charge on any atom is 0.186 e. The molecule has 78 valence electrons. The van der Waals surface area contributed by atoms with Crippen LogP contribution in [0.4, 0.5) is 0 Å². The van der Waals surface area contributed by atoms with Gasteiger partial charge in [-0.3, -0.25) is 9.94 Å². The van der Waals surface area contributed by atoms with Crippen LogP contribution in [0.25, 0.3) is 0 Å². The molecule has 1 aromatic heterocycles. The molecule has 0 aliphatic rings. The molecule has 1 unspecified atom stereocenters. The zero-order valence-corrected chi connectivity index (χ0v) is 7.79. The molecular weight excluding hydrogens is 196 g/mol. The third kappa shape index (κ3) is 1.80. The molecule has 1 atom stereocenters. The van der Waals surface area contributed by atoms with Gasteiger partial charge in [-0.05, 0) is 6.07 Å². The summed E-state index contributed by atoms with van der Waals surface area (Å²) in [6, 6.07) is 6.73. The smallest absolute Gasteiger partial charge is 0.186 e. The van der Waals surface area contributed by atoms with Crippen LogP contribution < -0.4 is 5.90 Å². The van der Waals surface area contributed by atoms with Crippen molar-refractivity contribution < 1.29 is 9.94 Å². The second-order valence-electron chi connectivity index (χ2n) is 2.93. The number of H-pyrrole nitrogens is 1. The standard InChI is InChI=1S/C9H10N4O2/c10-15-8(9-11-5-12-13-9)6-3-1-2-4-7(6)14/h1-5,8,14H,10H2,(H,11,12,13). The lowest BCUT2D eigenvalue weighted by Crippen LogP contribution is -2.12. The van der Waals surface area contributed by atoms with Crippen LogP contribution in [0, 0.1) is 0 Å². The molecule has 1 aromatic carbocycles. The molecule has 4 N–H and O–H groups in total. The van der Waals surface area contributed by atoms with E-state index in [4.69, 9.17) is 10.7 Å². The molecule has 0 spiro atoms. The van der Waals surface area contributed by atoms with Crippen LogP contribution in [0.1, 0.15) is 17.5 Å². The van der Waals surface area contributed by atoms with Gasteiger partial charge in [0.1, 0.15) is 12.1 Å². The summed E-state index contributed by atoms with van der Waals surface area (Å²) in [7, 11) is 0. The van der Waals surface area contributed by atoms with Gasteiger partial charge in [-0.1, -0.05) is 18.2 Å². The van der Waals surface area contributed by atoms with Gasteiger partial charge in [0.2, 0.25) is 0 Å². The number of rotatable bonds is 3. The number of phenolic OH excluding ortho intramolecular Hbond substituents is 1. The summed E-state index contributed by atoms with van der Waals surface area (Å²) >= 11 is 0. The van der Waals surface area contributed by atoms with Gasteiger partial charge in [0.15, 0.2) is 11.9 Å². The van der Waals surface area contributed by atoms with E-state index in [-0.39, 0.29) is 5.75 Å². The van der Waals surface area contributed by atoms with Gasteiger partial charge in [-0.15, -0.1) is 0 Å². The summed E-state index contributed by atoms with van der Waals surface area (Å²) in [5.41, 5.74) is 0.527. The molecule has 0 aliphatic carbocycles. The van der Waals surface area contributed by atoms with E-state index in [0.717, 1.165) is 0 Å². The van der Waals surface area contributed by atoms with Gasteiger partial charge in [0.25, 0.3) is 0 Å². The molecule has 1 heterocycles. The number of para-hydroxylation sites is 1. The number of aromatic nitrogens is 3. The first kappa shape index (κ1) is 9.63. The number of hydrogen-bond donors (Lipinski definition) is 3. The summed E-state index contributed by atoms with van der Waals surface area (Å²) in [5, 5.41) is 16.0. The summed E-state index contributed by atoms with van der Waals surface area (Å²) in [5.74, 6) is 5.63. The van der Waals surface area contributed by atoms with Crippen LogP contribution in [0.5, 0.6) is 5.75 Å². The molecule has 0 aliphatic heterocycles. The number of nitrogens with zero attached hydrogens (tertiary/aromatic N) is 2. The van der Waals surface area contributed by atoms with Gasteiger partial charge in [0.05, 0.1) is 0 Å². The SMILES string of the molecule is NOC(c1nc[nH]n1)c1ccccc1O. The van der Waals surface area contributed by atoms with Crippen LogP contribution in [-0.4, -0.2) is 20.3 Å². The molecule has 2 aromatic rings. The minimum atomic E-state index is -0.669. The number of hydrogen-bond acceptors (Lipinski definition) is 5. The molecular formula is C9H10N4O2. The average Bonchev–Trinajstić information content (AvgIpc) is 2.75. The Morgan fingerprint density at radius 1 is 1.40 bits per heavy atom. The van der Waals surface area contributed by atoms with Crippen LogP contribution in [0.3, 0.4) is 0 Å². The van der Waals surface area contributed by atoms with Crippen molar-refractivity contribution in [2.75, 3.05) is 0 Å². The maximum absolute atomic E-state index is 9.61. The van der Waals surface area contributed by atoms with E-state index < -0.39 is 6.10 Å². The zero-order chi connectivity index (χ0) is 10.7. The summed E-state index contributed by atoms with van der Waals surface area (Å²) in [6.45, 7) is 0. The Morgan fingerprint density at radius 2 is 2.20 bits per heavy atom. The fraction of sp³-hybridized carbons (Fsp3) is 0.111. The molecule has 15 heavy (non-hydrogen) atoms. The third-order valence-corrected chi connectivity index (χ3v) is 2.02. The Labute approximate surface area is 85.7 Å². The highest BCUT2D eigenvalue weighted by atomic mass is 16.6. The summed E-state index contributed by atoms with van der Waals surface area (Å²) < 4.78 is 0. The highest BCUT2D eigenvalue weighted by molar-refractivity contribution is 5.36. The number of nitrogens with two attached hydrogens (primary N) is 1. The van der Waals surface area contributed by atoms with E-state index in [2.05, 4.69) is 15.2 Å². The first-order valence-corrected chi connectivity index (χ1v) is 4.32. The second-order valence-corrected chi connectivity index (χ2v) is 2.93. The third-order valence-electron chi connectivity index (χ3n) is 2.02. The number of benzene rings is 1. The highest BCUT2D eigenvalue weighted by Gasteiger charge is 2.20. The molecule has 0 saturated carbocycles. The molecule has 2 rings (SSSR count). The van der Waals surface area contributed by atoms with Gasteiger partial charge >= 0.3 is 0 Å². The second kappa shape index (κ2) is 4.07. The number of nitrogens with one attached hydrogen (secondary N) is 1. The van der Waals surface area contributed by atoms with Crippen molar-refractivity contribution >= 4 is 0 Å². The lowest BCUT2D eigenvalue weighted by molar-refractivity contribution is 0.0737. The molecule has 0 bridgehead atoms. The average molecular weight is 206 g/mol. The molecule has 0 saturated heterocycles. The van der Waals surface area contributed by atoms with Gasteiger partial charge < -0.3 is 5.11 Å². The van der Waals surface area contributed by atoms with E-state index in [1.54, 1.807) is 24.3 Å². The Hall–Kier alpha value is -1.92. The van der Waals surface area contributed by atoms with Crippen molar-refractivity contribution in [3.05, 3.63) is 42.0 Å². The van der Waals surface area contributed by atoms with Crippen molar-refractivity contribution in [1.29, 1.82) is 0 Å².